The monoisotopic (exact) mass is 471 g/mol. The van der Waals surface area contributed by atoms with Crippen molar-refractivity contribution in [3.8, 4) is 5.69 Å². The Labute approximate surface area is 181 Å². The van der Waals surface area contributed by atoms with Crippen molar-refractivity contribution < 1.29 is 21.6 Å². The van der Waals surface area contributed by atoms with Crippen LogP contribution in [-0.4, -0.2) is 35.0 Å². The van der Waals surface area contributed by atoms with Crippen LogP contribution in [0, 0.1) is 0 Å². The molecule has 31 heavy (non-hydrogen) atoms. The van der Waals surface area contributed by atoms with Crippen molar-refractivity contribution in [3.63, 3.8) is 0 Å². The normalized spacial score (nSPS) is 13.4. The third kappa shape index (κ3) is 4.81. The van der Waals surface area contributed by atoms with Crippen LogP contribution in [0.3, 0.4) is 0 Å². The van der Waals surface area contributed by atoms with Crippen LogP contribution in [0.2, 0.25) is 5.02 Å². The third-order valence-corrected chi connectivity index (χ3v) is 6.66. The molecule has 0 saturated heterocycles. The Morgan fingerprint density at radius 3 is 2.39 bits per heavy atom. The van der Waals surface area contributed by atoms with Gasteiger partial charge in [0, 0.05) is 30.0 Å². The van der Waals surface area contributed by atoms with Gasteiger partial charge < -0.3 is 0 Å². The Bertz CT molecular complexity index is 1230. The lowest BCUT2D eigenvalue weighted by molar-refractivity contribution is -0.173. The molecule has 0 N–H and O–H groups in total. The molecular weight excluding hydrogens is 455 g/mol. The van der Waals surface area contributed by atoms with Crippen LogP contribution in [0.4, 0.5) is 13.2 Å². The molecule has 0 saturated carbocycles. The quantitative estimate of drug-likeness (QED) is 0.540. The first-order valence-corrected chi connectivity index (χ1v) is 10.8. The number of pyridine rings is 2. The second-order valence-corrected chi connectivity index (χ2v) is 8.82. The van der Waals surface area contributed by atoms with Gasteiger partial charge in [-0.05, 0) is 29.8 Å². The van der Waals surface area contributed by atoms with Crippen molar-refractivity contribution in [2.75, 3.05) is 6.54 Å². The summed E-state index contributed by atoms with van der Waals surface area (Å²) in [5.74, 6) is 0. The van der Waals surface area contributed by atoms with Gasteiger partial charge in [0.25, 0.3) is 5.56 Å². The Balaban J connectivity index is 2.12. The number of hydrogen-bond acceptors (Lipinski definition) is 4. The fourth-order valence-corrected chi connectivity index (χ4v) is 4.83. The van der Waals surface area contributed by atoms with Gasteiger partial charge in [0.15, 0.2) is 0 Å². The van der Waals surface area contributed by atoms with Crippen LogP contribution in [0.5, 0.6) is 0 Å². The zero-order valence-corrected chi connectivity index (χ0v) is 17.7. The first kappa shape index (κ1) is 23.0. The van der Waals surface area contributed by atoms with Gasteiger partial charge in [-0.2, -0.15) is 17.5 Å². The molecule has 164 valence electrons. The predicted octanol–water partition coefficient (Wildman–Crippen LogP) is 4.20. The van der Waals surface area contributed by atoms with Crippen molar-refractivity contribution in [2.24, 2.45) is 0 Å². The van der Waals surface area contributed by atoms with Crippen LogP contribution in [0.15, 0.2) is 76.8 Å². The van der Waals surface area contributed by atoms with Crippen LogP contribution >= 0.6 is 11.6 Å². The number of sulfonamides is 1. The number of halogens is 4. The Kier molecular flexibility index (Phi) is 6.54. The highest BCUT2D eigenvalue weighted by molar-refractivity contribution is 7.89. The number of nitrogens with zero attached hydrogens (tertiary/aromatic N) is 3. The van der Waals surface area contributed by atoms with E-state index in [2.05, 4.69) is 4.98 Å². The molecule has 0 aliphatic heterocycles. The van der Waals surface area contributed by atoms with E-state index in [9.17, 15) is 26.4 Å². The lowest BCUT2D eigenvalue weighted by Gasteiger charge is -2.31. The lowest BCUT2D eigenvalue weighted by Crippen LogP contribution is -2.42. The molecule has 0 bridgehead atoms. The van der Waals surface area contributed by atoms with E-state index in [4.69, 9.17) is 11.6 Å². The standard InChI is InChI=1S/C20H17ClF3N3O3S/c1-2-27(19(20(22,23)24)14-6-8-15(21)9-7-14)31(29,30)17-11-16(12-25-13-17)26-10-4-3-5-18(26)28/h3-13,19H,2H2,1H3/t19-/m1/s1. The summed E-state index contributed by atoms with van der Waals surface area (Å²) in [4.78, 5) is 15.4. The summed E-state index contributed by atoms with van der Waals surface area (Å²) in [7, 11) is -4.63. The molecular formula is C20H17ClF3N3O3S. The fourth-order valence-electron chi connectivity index (χ4n) is 3.11. The van der Waals surface area contributed by atoms with Crippen LogP contribution < -0.4 is 5.56 Å². The summed E-state index contributed by atoms with van der Waals surface area (Å²) in [6.45, 7) is 0.857. The Morgan fingerprint density at radius 2 is 1.81 bits per heavy atom. The summed E-state index contributed by atoms with van der Waals surface area (Å²) < 4.78 is 69.9. The first-order chi connectivity index (χ1) is 14.6. The maximum atomic E-state index is 14.0. The number of rotatable bonds is 6. The summed E-state index contributed by atoms with van der Waals surface area (Å²) in [6, 6.07) is 7.81. The number of aromatic nitrogens is 2. The molecule has 1 aromatic carbocycles. The molecule has 0 spiro atoms. The maximum absolute atomic E-state index is 14.0. The van der Waals surface area contributed by atoms with E-state index in [-0.39, 0.29) is 16.3 Å². The first-order valence-electron chi connectivity index (χ1n) is 9.03. The van der Waals surface area contributed by atoms with Gasteiger partial charge in [0.2, 0.25) is 10.0 Å². The minimum atomic E-state index is -4.89. The van der Waals surface area contributed by atoms with Crippen LogP contribution in [0.1, 0.15) is 18.5 Å². The largest absolute Gasteiger partial charge is 0.409 e. The highest BCUT2D eigenvalue weighted by Gasteiger charge is 2.48. The predicted molar refractivity (Wildman–Crippen MR) is 110 cm³/mol. The molecule has 3 rings (SSSR count). The molecule has 6 nitrogen and oxygen atoms in total. The molecule has 0 radical (unpaired) electrons. The Morgan fingerprint density at radius 1 is 1.13 bits per heavy atom. The number of benzene rings is 1. The van der Waals surface area contributed by atoms with E-state index < -0.39 is 39.2 Å². The minimum absolute atomic E-state index is 0.109. The van der Waals surface area contributed by atoms with E-state index in [0.717, 1.165) is 29.0 Å². The summed E-state index contributed by atoms with van der Waals surface area (Å²) in [5, 5.41) is 0.223. The van der Waals surface area contributed by atoms with Crippen molar-refractivity contribution in [1.82, 2.24) is 13.9 Å². The number of hydrogen-bond donors (Lipinski definition) is 0. The lowest BCUT2D eigenvalue weighted by atomic mass is 10.1. The van der Waals surface area contributed by atoms with Crippen LogP contribution in [0.25, 0.3) is 5.69 Å². The highest BCUT2D eigenvalue weighted by atomic mass is 35.5. The SMILES string of the molecule is CCN([C@H](c1ccc(Cl)cc1)C(F)(F)F)S(=O)(=O)c1cncc(-n2ccccc2=O)c1. The smallest absolute Gasteiger partial charge is 0.283 e. The second-order valence-electron chi connectivity index (χ2n) is 6.49. The summed E-state index contributed by atoms with van der Waals surface area (Å²) >= 11 is 5.77. The summed E-state index contributed by atoms with van der Waals surface area (Å²) in [6.07, 6.45) is -1.29. The average molecular weight is 472 g/mol. The van der Waals surface area contributed by atoms with Gasteiger partial charge in [-0.3, -0.25) is 14.3 Å². The fraction of sp³-hybridized carbons (Fsp3) is 0.200. The zero-order chi connectivity index (χ0) is 22.8. The van der Waals surface area contributed by atoms with E-state index in [1.807, 2.05) is 0 Å². The second kappa shape index (κ2) is 8.81. The molecule has 0 fully saturated rings. The molecule has 0 aliphatic rings. The molecule has 11 heteroatoms. The Hall–Kier alpha value is -2.69. The van der Waals surface area contributed by atoms with Gasteiger partial charge in [-0.15, -0.1) is 0 Å². The van der Waals surface area contributed by atoms with E-state index in [0.29, 0.717) is 4.31 Å². The molecule has 0 unspecified atom stereocenters. The van der Waals surface area contributed by atoms with E-state index in [1.165, 1.54) is 43.6 Å². The topological polar surface area (TPSA) is 72.3 Å². The van der Waals surface area contributed by atoms with Crippen molar-refractivity contribution in [3.05, 3.63) is 88.1 Å². The van der Waals surface area contributed by atoms with Crippen LogP contribution in [-0.2, 0) is 10.0 Å². The van der Waals surface area contributed by atoms with Gasteiger partial charge in [-0.25, -0.2) is 8.42 Å². The molecule has 0 amide bonds. The molecule has 2 aromatic heterocycles. The molecule has 0 aliphatic carbocycles. The van der Waals surface area contributed by atoms with Gasteiger partial charge in [0.05, 0.1) is 11.9 Å². The maximum Gasteiger partial charge on any atom is 0.409 e. The van der Waals surface area contributed by atoms with Gasteiger partial charge in [-0.1, -0.05) is 36.7 Å². The van der Waals surface area contributed by atoms with Gasteiger partial charge in [0.1, 0.15) is 10.9 Å². The summed E-state index contributed by atoms with van der Waals surface area (Å²) in [5.41, 5.74) is -0.607. The minimum Gasteiger partial charge on any atom is -0.283 e. The third-order valence-electron chi connectivity index (χ3n) is 4.50. The van der Waals surface area contributed by atoms with Crippen molar-refractivity contribution in [1.29, 1.82) is 0 Å². The average Bonchev–Trinajstić information content (AvgIpc) is 2.72. The van der Waals surface area contributed by atoms with E-state index in [1.54, 1.807) is 6.07 Å². The van der Waals surface area contributed by atoms with Crippen molar-refractivity contribution in [2.45, 2.75) is 24.0 Å². The molecule has 1 atom stereocenters. The van der Waals surface area contributed by atoms with Crippen molar-refractivity contribution >= 4 is 21.6 Å². The zero-order valence-electron chi connectivity index (χ0n) is 16.1. The molecule has 2 heterocycles. The highest BCUT2D eigenvalue weighted by Crippen LogP contribution is 2.40. The molecule has 3 aromatic rings. The number of alkyl halides is 3. The van der Waals surface area contributed by atoms with E-state index >= 15 is 0 Å². The van der Waals surface area contributed by atoms with Gasteiger partial charge >= 0.3 is 6.18 Å².